The summed E-state index contributed by atoms with van der Waals surface area (Å²) in [7, 11) is 3.26. The smallest absolute Gasteiger partial charge is 0.161 e. The molecule has 4 heteroatoms. The van der Waals surface area contributed by atoms with Crippen molar-refractivity contribution >= 4 is 0 Å². The molecule has 102 valence electrons. The van der Waals surface area contributed by atoms with Crippen LogP contribution in [-0.2, 0) is 4.74 Å². The van der Waals surface area contributed by atoms with Crippen molar-refractivity contribution in [1.29, 1.82) is 0 Å². The Morgan fingerprint density at radius 1 is 1.17 bits per heavy atom. The van der Waals surface area contributed by atoms with E-state index in [4.69, 9.17) is 14.2 Å². The fourth-order valence-corrected chi connectivity index (χ4v) is 1.60. The van der Waals surface area contributed by atoms with Crippen LogP contribution in [0.3, 0.4) is 0 Å². The topological polar surface area (TPSA) is 47.9 Å². The highest BCUT2D eigenvalue weighted by molar-refractivity contribution is 5.43. The summed E-state index contributed by atoms with van der Waals surface area (Å²) in [6.07, 6.45) is 0.354. The first kappa shape index (κ1) is 14.8. The zero-order chi connectivity index (χ0) is 13.5. The minimum absolute atomic E-state index is 0.0521. The molecule has 0 amide bonds. The molecule has 0 aliphatic rings. The molecule has 1 aromatic rings. The largest absolute Gasteiger partial charge is 0.493 e. The fraction of sp³-hybridized carbons (Fsp3) is 0.571. The van der Waals surface area contributed by atoms with E-state index in [1.807, 2.05) is 19.1 Å². The van der Waals surface area contributed by atoms with E-state index in [-0.39, 0.29) is 6.10 Å². The predicted molar refractivity (Wildman–Crippen MR) is 70.2 cm³/mol. The predicted octanol–water partition coefficient (Wildman–Crippen LogP) is 2.55. The Bertz CT molecular complexity index is 363. The first-order valence-corrected chi connectivity index (χ1v) is 6.10. The maximum atomic E-state index is 9.52. The Morgan fingerprint density at radius 2 is 1.89 bits per heavy atom. The van der Waals surface area contributed by atoms with Crippen molar-refractivity contribution in [1.82, 2.24) is 0 Å². The van der Waals surface area contributed by atoms with Gasteiger partial charge in [0.1, 0.15) is 0 Å². The molecule has 0 saturated heterocycles. The van der Waals surface area contributed by atoms with E-state index in [2.05, 4.69) is 0 Å². The Hall–Kier alpha value is -1.26. The number of methoxy groups -OCH3 is 2. The minimum atomic E-state index is -0.515. The van der Waals surface area contributed by atoms with Crippen LogP contribution >= 0.6 is 0 Å². The third kappa shape index (κ3) is 4.20. The quantitative estimate of drug-likeness (QED) is 0.812. The lowest BCUT2D eigenvalue weighted by Crippen LogP contribution is -2.14. The number of ether oxygens (including phenoxy) is 3. The maximum Gasteiger partial charge on any atom is 0.161 e. The Labute approximate surface area is 108 Å². The number of aliphatic hydroxyl groups is 1. The van der Waals surface area contributed by atoms with Gasteiger partial charge in [0, 0.05) is 20.1 Å². The van der Waals surface area contributed by atoms with Crippen LogP contribution in [0.25, 0.3) is 0 Å². The lowest BCUT2D eigenvalue weighted by Gasteiger charge is -2.17. The van der Waals surface area contributed by atoms with Gasteiger partial charge in [-0.15, -0.1) is 0 Å². The second kappa shape index (κ2) is 7.24. The van der Waals surface area contributed by atoms with Gasteiger partial charge in [0.25, 0.3) is 0 Å². The van der Waals surface area contributed by atoms with Gasteiger partial charge in [-0.3, -0.25) is 0 Å². The normalized spacial score (nSPS) is 14.1. The van der Waals surface area contributed by atoms with Crippen LogP contribution in [0, 0.1) is 0 Å². The zero-order valence-electron chi connectivity index (χ0n) is 11.5. The molecule has 1 aromatic carbocycles. The van der Waals surface area contributed by atoms with Crippen molar-refractivity contribution < 1.29 is 19.3 Å². The van der Waals surface area contributed by atoms with Crippen LogP contribution in [0.15, 0.2) is 18.2 Å². The number of hydrogen-bond acceptors (Lipinski definition) is 4. The van der Waals surface area contributed by atoms with E-state index in [0.29, 0.717) is 18.1 Å². The summed E-state index contributed by atoms with van der Waals surface area (Å²) in [4.78, 5) is 0. The van der Waals surface area contributed by atoms with Crippen LogP contribution in [-0.4, -0.2) is 32.0 Å². The van der Waals surface area contributed by atoms with Gasteiger partial charge in [-0.2, -0.15) is 0 Å². The molecule has 0 bridgehead atoms. The van der Waals surface area contributed by atoms with E-state index in [1.54, 1.807) is 27.2 Å². The third-order valence-corrected chi connectivity index (χ3v) is 2.73. The molecular weight excluding hydrogens is 232 g/mol. The van der Waals surface area contributed by atoms with E-state index >= 15 is 0 Å². The standard InChI is InChI=1S/C14H22O4/c1-10(7-8-16-3)18-13-6-5-12(11(2)15)9-14(13)17-4/h5-6,9-11,15H,7-8H2,1-4H3. The molecular formula is C14H22O4. The molecule has 1 rings (SSSR count). The molecule has 0 aliphatic heterocycles. The summed E-state index contributed by atoms with van der Waals surface area (Å²) in [5, 5.41) is 9.52. The van der Waals surface area contributed by atoms with Gasteiger partial charge in [-0.1, -0.05) is 6.07 Å². The summed E-state index contributed by atoms with van der Waals surface area (Å²) in [5.41, 5.74) is 0.809. The monoisotopic (exact) mass is 254 g/mol. The molecule has 2 unspecified atom stereocenters. The summed E-state index contributed by atoms with van der Waals surface area (Å²) < 4.78 is 16.1. The first-order chi connectivity index (χ1) is 8.58. The van der Waals surface area contributed by atoms with E-state index in [9.17, 15) is 5.11 Å². The highest BCUT2D eigenvalue weighted by Crippen LogP contribution is 2.31. The maximum absolute atomic E-state index is 9.52. The van der Waals surface area contributed by atoms with Gasteiger partial charge in [-0.25, -0.2) is 0 Å². The van der Waals surface area contributed by atoms with E-state index < -0.39 is 6.10 Å². The molecule has 0 aromatic heterocycles. The Balaban J connectivity index is 2.76. The molecule has 0 radical (unpaired) electrons. The number of aliphatic hydroxyl groups excluding tert-OH is 1. The molecule has 0 aliphatic carbocycles. The molecule has 18 heavy (non-hydrogen) atoms. The lowest BCUT2D eigenvalue weighted by molar-refractivity contribution is 0.132. The molecule has 0 fully saturated rings. The van der Waals surface area contributed by atoms with Gasteiger partial charge in [0.2, 0.25) is 0 Å². The van der Waals surface area contributed by atoms with Gasteiger partial charge in [-0.05, 0) is 31.5 Å². The molecule has 0 heterocycles. The van der Waals surface area contributed by atoms with Crippen molar-refractivity contribution in [3.63, 3.8) is 0 Å². The lowest BCUT2D eigenvalue weighted by atomic mass is 10.1. The van der Waals surface area contributed by atoms with Crippen LogP contribution in [0.1, 0.15) is 31.9 Å². The Morgan fingerprint density at radius 3 is 2.44 bits per heavy atom. The summed E-state index contributed by atoms with van der Waals surface area (Å²) in [5.74, 6) is 1.32. The molecule has 2 atom stereocenters. The number of rotatable bonds is 7. The SMILES string of the molecule is COCCC(C)Oc1ccc(C(C)O)cc1OC. The summed E-state index contributed by atoms with van der Waals surface area (Å²) in [6.45, 7) is 4.37. The van der Waals surface area contributed by atoms with E-state index in [1.165, 1.54) is 0 Å². The number of hydrogen-bond donors (Lipinski definition) is 1. The first-order valence-electron chi connectivity index (χ1n) is 6.10. The third-order valence-electron chi connectivity index (χ3n) is 2.73. The van der Waals surface area contributed by atoms with Crippen molar-refractivity contribution in [3.05, 3.63) is 23.8 Å². The van der Waals surface area contributed by atoms with Crippen molar-refractivity contribution in [2.75, 3.05) is 20.8 Å². The van der Waals surface area contributed by atoms with Crippen molar-refractivity contribution in [2.24, 2.45) is 0 Å². The molecule has 0 spiro atoms. The van der Waals surface area contributed by atoms with Gasteiger partial charge < -0.3 is 19.3 Å². The van der Waals surface area contributed by atoms with Gasteiger partial charge in [0.15, 0.2) is 11.5 Å². The fourth-order valence-electron chi connectivity index (χ4n) is 1.60. The zero-order valence-corrected chi connectivity index (χ0v) is 11.5. The highest BCUT2D eigenvalue weighted by Gasteiger charge is 2.11. The molecule has 4 nitrogen and oxygen atoms in total. The molecule has 1 N–H and O–H groups in total. The average Bonchev–Trinajstić information content (AvgIpc) is 2.36. The van der Waals surface area contributed by atoms with Gasteiger partial charge in [0.05, 0.1) is 19.3 Å². The summed E-state index contributed by atoms with van der Waals surface area (Å²) in [6, 6.07) is 5.46. The van der Waals surface area contributed by atoms with Gasteiger partial charge >= 0.3 is 0 Å². The van der Waals surface area contributed by atoms with Crippen LogP contribution in [0.2, 0.25) is 0 Å². The van der Waals surface area contributed by atoms with Crippen molar-refractivity contribution in [3.8, 4) is 11.5 Å². The average molecular weight is 254 g/mol. The second-order valence-corrected chi connectivity index (χ2v) is 4.30. The highest BCUT2D eigenvalue weighted by atomic mass is 16.5. The van der Waals surface area contributed by atoms with Crippen LogP contribution in [0.4, 0.5) is 0 Å². The summed E-state index contributed by atoms with van der Waals surface area (Å²) >= 11 is 0. The van der Waals surface area contributed by atoms with Crippen LogP contribution < -0.4 is 9.47 Å². The van der Waals surface area contributed by atoms with Crippen molar-refractivity contribution in [2.45, 2.75) is 32.5 Å². The molecule has 0 saturated carbocycles. The Kier molecular flexibility index (Phi) is 5.95. The second-order valence-electron chi connectivity index (χ2n) is 4.30. The van der Waals surface area contributed by atoms with E-state index in [0.717, 1.165) is 12.0 Å². The minimum Gasteiger partial charge on any atom is -0.493 e. The van der Waals surface area contributed by atoms with Crippen LogP contribution in [0.5, 0.6) is 11.5 Å². The number of benzene rings is 1.